The van der Waals surface area contributed by atoms with Crippen molar-refractivity contribution in [2.24, 2.45) is 5.73 Å². The van der Waals surface area contributed by atoms with E-state index < -0.39 is 17.7 Å². The lowest BCUT2D eigenvalue weighted by molar-refractivity contribution is -0.123. The van der Waals surface area contributed by atoms with Crippen LogP contribution >= 0.6 is 11.8 Å². The first-order valence-electron chi connectivity index (χ1n) is 3.57. The molecule has 3 N–H and O–H groups in total. The number of imide groups is 1. The highest BCUT2D eigenvalue weighted by Crippen LogP contribution is 2.19. The summed E-state index contributed by atoms with van der Waals surface area (Å²) in [4.78, 5) is 32.3. The van der Waals surface area contributed by atoms with E-state index >= 15 is 0 Å². The fourth-order valence-electron chi connectivity index (χ4n) is 0.763. The van der Waals surface area contributed by atoms with Gasteiger partial charge in [-0.2, -0.15) is 0 Å². The molecule has 0 saturated heterocycles. The van der Waals surface area contributed by atoms with Gasteiger partial charge in [0.15, 0.2) is 0 Å². The van der Waals surface area contributed by atoms with E-state index in [2.05, 4.69) is 5.32 Å². The van der Waals surface area contributed by atoms with Gasteiger partial charge in [-0.05, 0) is 0 Å². The van der Waals surface area contributed by atoms with Crippen molar-refractivity contribution in [1.82, 2.24) is 5.32 Å². The number of hydrogen-bond acceptors (Lipinski definition) is 4. The van der Waals surface area contributed by atoms with Crippen LogP contribution in [0.15, 0.2) is 11.0 Å². The third-order valence-corrected chi connectivity index (χ3v) is 2.35. The van der Waals surface area contributed by atoms with Crippen molar-refractivity contribution in [3.63, 3.8) is 0 Å². The summed E-state index contributed by atoms with van der Waals surface area (Å²) in [6.45, 7) is 0. The van der Waals surface area contributed by atoms with Crippen LogP contribution in [-0.2, 0) is 14.4 Å². The third-order valence-electron chi connectivity index (χ3n) is 1.33. The highest BCUT2D eigenvalue weighted by atomic mass is 32.2. The van der Waals surface area contributed by atoms with Crippen LogP contribution in [0.25, 0.3) is 0 Å². The van der Waals surface area contributed by atoms with Crippen LogP contribution in [0, 0.1) is 0 Å². The summed E-state index contributed by atoms with van der Waals surface area (Å²) in [5.41, 5.74) is 4.90. The molecular formula is C7H8N2O3S. The van der Waals surface area contributed by atoms with Gasteiger partial charge in [-0.15, -0.1) is 11.8 Å². The summed E-state index contributed by atoms with van der Waals surface area (Å²) < 4.78 is 0. The second kappa shape index (κ2) is 4.08. The molecule has 0 saturated carbocycles. The molecular weight excluding hydrogens is 192 g/mol. The normalized spacial score (nSPS) is 15.5. The maximum atomic E-state index is 10.9. The van der Waals surface area contributed by atoms with Crippen molar-refractivity contribution in [1.29, 1.82) is 0 Å². The molecule has 0 fully saturated rings. The van der Waals surface area contributed by atoms with Crippen molar-refractivity contribution in [2.75, 3.05) is 5.75 Å². The number of nitrogens with one attached hydrogen (secondary N) is 1. The van der Waals surface area contributed by atoms with E-state index in [1.165, 1.54) is 6.08 Å². The molecule has 0 spiro atoms. The maximum absolute atomic E-state index is 10.9. The van der Waals surface area contributed by atoms with Crippen molar-refractivity contribution in [3.8, 4) is 0 Å². The highest BCUT2D eigenvalue weighted by molar-refractivity contribution is 8.04. The monoisotopic (exact) mass is 200 g/mol. The Morgan fingerprint density at radius 3 is 2.69 bits per heavy atom. The molecule has 0 bridgehead atoms. The zero-order chi connectivity index (χ0) is 9.84. The van der Waals surface area contributed by atoms with Gasteiger partial charge in [-0.3, -0.25) is 19.7 Å². The molecule has 0 radical (unpaired) electrons. The van der Waals surface area contributed by atoms with Gasteiger partial charge in [0.25, 0.3) is 11.8 Å². The zero-order valence-electron chi connectivity index (χ0n) is 6.70. The molecule has 1 aliphatic heterocycles. The Hall–Kier alpha value is -1.30. The Bertz CT molecular complexity index is 298. The van der Waals surface area contributed by atoms with E-state index in [9.17, 15) is 14.4 Å². The van der Waals surface area contributed by atoms with Gasteiger partial charge in [-0.1, -0.05) is 0 Å². The molecule has 1 aliphatic rings. The largest absolute Gasteiger partial charge is 0.370 e. The molecule has 0 aliphatic carbocycles. The standard InChI is InChI=1S/C7H8N2O3S/c8-5(10)1-2-13-4-3-6(11)9-7(4)12/h3H,1-2H2,(H2,8,10)(H,9,11,12). The van der Waals surface area contributed by atoms with E-state index in [1.54, 1.807) is 0 Å². The van der Waals surface area contributed by atoms with Gasteiger partial charge in [0, 0.05) is 18.2 Å². The van der Waals surface area contributed by atoms with Crippen molar-refractivity contribution >= 4 is 29.5 Å². The van der Waals surface area contributed by atoms with Crippen LogP contribution in [0.4, 0.5) is 0 Å². The van der Waals surface area contributed by atoms with Crippen LogP contribution < -0.4 is 11.1 Å². The van der Waals surface area contributed by atoms with Gasteiger partial charge in [0.2, 0.25) is 5.91 Å². The minimum Gasteiger partial charge on any atom is -0.370 e. The molecule has 1 heterocycles. The lowest BCUT2D eigenvalue weighted by Crippen LogP contribution is -2.21. The van der Waals surface area contributed by atoms with E-state index in [0.29, 0.717) is 10.7 Å². The number of hydrogen-bond donors (Lipinski definition) is 2. The fourth-order valence-corrected chi connectivity index (χ4v) is 1.66. The van der Waals surface area contributed by atoms with Gasteiger partial charge >= 0.3 is 0 Å². The predicted octanol–water partition coefficient (Wildman–Crippen LogP) is -0.865. The second-order valence-electron chi connectivity index (χ2n) is 2.39. The SMILES string of the molecule is NC(=O)CCSC1=CC(=O)NC1=O. The molecule has 0 aromatic rings. The summed E-state index contributed by atoms with van der Waals surface area (Å²) in [5, 5.41) is 2.10. The van der Waals surface area contributed by atoms with Crippen molar-refractivity contribution in [3.05, 3.63) is 11.0 Å². The maximum Gasteiger partial charge on any atom is 0.264 e. The van der Waals surface area contributed by atoms with Crippen LogP contribution in [0.1, 0.15) is 6.42 Å². The summed E-state index contributed by atoms with van der Waals surface area (Å²) in [7, 11) is 0. The molecule has 3 amide bonds. The quantitative estimate of drug-likeness (QED) is 0.577. The minimum absolute atomic E-state index is 0.198. The van der Waals surface area contributed by atoms with Crippen LogP contribution in [0.2, 0.25) is 0 Å². The summed E-state index contributed by atoms with van der Waals surface area (Å²) >= 11 is 1.15. The van der Waals surface area contributed by atoms with Gasteiger partial charge in [-0.25, -0.2) is 0 Å². The molecule has 6 heteroatoms. The Balaban J connectivity index is 2.37. The predicted molar refractivity (Wildman–Crippen MR) is 47.5 cm³/mol. The summed E-state index contributed by atoms with van der Waals surface area (Å²) in [6.07, 6.45) is 1.41. The fraction of sp³-hybridized carbons (Fsp3) is 0.286. The lowest BCUT2D eigenvalue weighted by Gasteiger charge is -1.96. The number of carbonyl (C=O) groups is 3. The second-order valence-corrected chi connectivity index (χ2v) is 3.53. The Morgan fingerprint density at radius 1 is 1.54 bits per heavy atom. The van der Waals surface area contributed by atoms with E-state index in [4.69, 9.17) is 5.73 Å². The first-order valence-corrected chi connectivity index (χ1v) is 4.56. The minimum atomic E-state index is -0.419. The number of amides is 3. The Morgan fingerprint density at radius 2 is 2.23 bits per heavy atom. The molecule has 13 heavy (non-hydrogen) atoms. The molecule has 70 valence electrons. The summed E-state index contributed by atoms with van der Waals surface area (Å²) in [5.74, 6) is -0.814. The van der Waals surface area contributed by atoms with Gasteiger partial charge in [0.1, 0.15) is 0 Å². The number of primary amides is 1. The average Bonchev–Trinajstić information content (AvgIpc) is 2.29. The van der Waals surface area contributed by atoms with Crippen molar-refractivity contribution in [2.45, 2.75) is 6.42 Å². The molecule has 0 aromatic heterocycles. The zero-order valence-corrected chi connectivity index (χ0v) is 7.52. The lowest BCUT2D eigenvalue weighted by atomic mass is 10.5. The number of thioether (sulfide) groups is 1. The van der Waals surface area contributed by atoms with Crippen molar-refractivity contribution < 1.29 is 14.4 Å². The first kappa shape index (κ1) is 9.79. The van der Waals surface area contributed by atoms with Crippen LogP contribution in [0.5, 0.6) is 0 Å². The van der Waals surface area contributed by atoms with E-state index in [0.717, 1.165) is 11.8 Å². The Labute approximate surface area is 78.7 Å². The Kier molecular flexibility index (Phi) is 3.07. The molecule has 0 unspecified atom stereocenters. The molecule has 0 atom stereocenters. The third kappa shape index (κ3) is 2.90. The topological polar surface area (TPSA) is 89.3 Å². The number of rotatable bonds is 4. The van der Waals surface area contributed by atoms with Gasteiger partial charge in [0.05, 0.1) is 4.91 Å². The smallest absolute Gasteiger partial charge is 0.264 e. The van der Waals surface area contributed by atoms with E-state index in [1.807, 2.05) is 0 Å². The first-order chi connectivity index (χ1) is 6.09. The number of nitrogens with two attached hydrogens (primary N) is 1. The van der Waals surface area contributed by atoms with Gasteiger partial charge < -0.3 is 5.73 Å². The molecule has 5 nitrogen and oxygen atoms in total. The van der Waals surface area contributed by atoms with E-state index in [-0.39, 0.29) is 6.42 Å². The molecule has 1 rings (SSSR count). The highest BCUT2D eigenvalue weighted by Gasteiger charge is 2.20. The van der Waals surface area contributed by atoms with Crippen LogP contribution in [0.3, 0.4) is 0 Å². The molecule has 0 aromatic carbocycles. The summed E-state index contributed by atoms with van der Waals surface area (Å²) in [6, 6.07) is 0. The number of carbonyl (C=O) groups excluding carboxylic acids is 3. The average molecular weight is 200 g/mol. The van der Waals surface area contributed by atoms with Crippen LogP contribution in [-0.4, -0.2) is 23.5 Å².